The molecule has 7 nitrogen and oxygen atoms in total. The van der Waals surface area contributed by atoms with Crippen molar-refractivity contribution in [1.29, 1.82) is 5.26 Å². The molecule has 4 rings (SSSR count). The van der Waals surface area contributed by atoms with Crippen LogP contribution in [0.4, 0.5) is 10.3 Å². The van der Waals surface area contributed by atoms with E-state index < -0.39 is 5.82 Å². The summed E-state index contributed by atoms with van der Waals surface area (Å²) in [6, 6.07) is 13.4. The molecule has 1 aliphatic rings. The van der Waals surface area contributed by atoms with E-state index >= 15 is 0 Å². The van der Waals surface area contributed by atoms with Gasteiger partial charge in [-0.3, -0.25) is 9.36 Å². The summed E-state index contributed by atoms with van der Waals surface area (Å²) in [6.07, 6.45) is 3.30. The fraction of sp³-hybridized carbons (Fsp3) is 0.346. The standard InChI is InChI=1S/C26H28FN5O2/c1-32-25(33)23(20-9-10-22(34-2)21(27)14-20)24(19-7-5-17(15-28)6-8-19)31-26(32)30-16-18-4-3-12-29-13-11-18/h5-10,14,18,29H,3-4,11-13,16H2,1-2H3,(H,30,31). The van der Waals surface area contributed by atoms with Gasteiger partial charge in [0.25, 0.3) is 5.56 Å². The SMILES string of the molecule is COc1ccc(-c2c(-c3ccc(C#N)cc3)nc(NCC3CCCNCC3)n(C)c2=O)cc1F. The second-order valence-corrected chi connectivity index (χ2v) is 8.49. The van der Waals surface area contributed by atoms with Crippen molar-refractivity contribution in [2.75, 3.05) is 32.1 Å². The van der Waals surface area contributed by atoms with E-state index in [0.717, 1.165) is 32.4 Å². The summed E-state index contributed by atoms with van der Waals surface area (Å²) in [4.78, 5) is 18.4. The highest BCUT2D eigenvalue weighted by molar-refractivity contribution is 5.81. The summed E-state index contributed by atoms with van der Waals surface area (Å²) in [5.41, 5.74) is 2.02. The molecule has 34 heavy (non-hydrogen) atoms. The van der Waals surface area contributed by atoms with Crippen molar-refractivity contribution in [2.45, 2.75) is 19.3 Å². The molecule has 1 saturated heterocycles. The zero-order valence-electron chi connectivity index (χ0n) is 19.4. The molecule has 1 atom stereocenters. The highest BCUT2D eigenvalue weighted by Crippen LogP contribution is 2.31. The average Bonchev–Trinajstić information content (AvgIpc) is 3.14. The number of nitrogens with zero attached hydrogens (tertiary/aromatic N) is 3. The molecule has 176 valence electrons. The Balaban J connectivity index is 1.79. The van der Waals surface area contributed by atoms with Crippen LogP contribution >= 0.6 is 0 Å². The van der Waals surface area contributed by atoms with Gasteiger partial charge in [0.05, 0.1) is 30.0 Å². The number of rotatable bonds is 6. The van der Waals surface area contributed by atoms with Crippen LogP contribution in [0, 0.1) is 23.1 Å². The second-order valence-electron chi connectivity index (χ2n) is 8.49. The highest BCUT2D eigenvalue weighted by Gasteiger charge is 2.20. The van der Waals surface area contributed by atoms with E-state index in [1.54, 1.807) is 37.4 Å². The van der Waals surface area contributed by atoms with Gasteiger partial charge < -0.3 is 15.4 Å². The Bertz CT molecular complexity index is 1260. The number of nitriles is 1. The minimum absolute atomic E-state index is 0.102. The van der Waals surface area contributed by atoms with Gasteiger partial charge in [-0.1, -0.05) is 18.2 Å². The molecule has 1 aromatic heterocycles. The maximum atomic E-state index is 14.5. The quantitative estimate of drug-likeness (QED) is 0.578. The smallest absolute Gasteiger partial charge is 0.263 e. The van der Waals surface area contributed by atoms with Gasteiger partial charge in [-0.15, -0.1) is 0 Å². The first-order chi connectivity index (χ1) is 16.5. The monoisotopic (exact) mass is 461 g/mol. The van der Waals surface area contributed by atoms with Crippen LogP contribution in [0.1, 0.15) is 24.8 Å². The summed E-state index contributed by atoms with van der Waals surface area (Å²) in [7, 11) is 3.06. The number of anilines is 1. The van der Waals surface area contributed by atoms with Crippen molar-refractivity contribution < 1.29 is 9.13 Å². The molecule has 1 unspecified atom stereocenters. The summed E-state index contributed by atoms with van der Waals surface area (Å²) in [5, 5.41) is 15.9. The van der Waals surface area contributed by atoms with Crippen molar-refractivity contribution >= 4 is 5.95 Å². The average molecular weight is 462 g/mol. The summed E-state index contributed by atoms with van der Waals surface area (Å²) >= 11 is 0. The van der Waals surface area contributed by atoms with Gasteiger partial charge in [0.15, 0.2) is 11.6 Å². The highest BCUT2D eigenvalue weighted by atomic mass is 19.1. The van der Waals surface area contributed by atoms with Crippen LogP contribution in [0.3, 0.4) is 0 Å². The molecule has 8 heteroatoms. The lowest BCUT2D eigenvalue weighted by Gasteiger charge is -2.19. The molecule has 1 fully saturated rings. The Hall–Kier alpha value is -3.70. The molecule has 3 aromatic rings. The van der Waals surface area contributed by atoms with Crippen molar-refractivity contribution in [3.8, 4) is 34.2 Å². The Morgan fingerprint density at radius 2 is 1.97 bits per heavy atom. The third-order valence-corrected chi connectivity index (χ3v) is 6.26. The van der Waals surface area contributed by atoms with Gasteiger partial charge in [-0.05, 0) is 68.1 Å². The Labute approximate surface area is 198 Å². The molecule has 0 spiro atoms. The Morgan fingerprint density at radius 1 is 1.21 bits per heavy atom. The molecular formula is C26H28FN5O2. The van der Waals surface area contributed by atoms with E-state index in [2.05, 4.69) is 16.7 Å². The molecule has 2 heterocycles. The van der Waals surface area contributed by atoms with Crippen LogP contribution in [0.5, 0.6) is 5.75 Å². The van der Waals surface area contributed by atoms with Crippen molar-refractivity contribution in [2.24, 2.45) is 13.0 Å². The second kappa shape index (κ2) is 10.5. The summed E-state index contributed by atoms with van der Waals surface area (Å²) < 4.78 is 21.0. The van der Waals surface area contributed by atoms with Gasteiger partial charge in [0.1, 0.15) is 0 Å². The topological polar surface area (TPSA) is 92.0 Å². The van der Waals surface area contributed by atoms with Gasteiger partial charge in [-0.25, -0.2) is 9.37 Å². The number of hydrogen-bond acceptors (Lipinski definition) is 6. The van der Waals surface area contributed by atoms with E-state index in [1.165, 1.54) is 23.8 Å². The molecule has 0 radical (unpaired) electrons. The normalized spacial score (nSPS) is 15.9. The third-order valence-electron chi connectivity index (χ3n) is 6.26. The van der Waals surface area contributed by atoms with E-state index in [9.17, 15) is 9.18 Å². The zero-order valence-corrected chi connectivity index (χ0v) is 19.4. The van der Waals surface area contributed by atoms with Crippen LogP contribution in [0.15, 0.2) is 47.3 Å². The minimum atomic E-state index is -0.558. The van der Waals surface area contributed by atoms with Crippen molar-refractivity contribution in [3.05, 3.63) is 64.2 Å². The Morgan fingerprint density at radius 3 is 2.68 bits per heavy atom. The number of halogens is 1. The van der Waals surface area contributed by atoms with Gasteiger partial charge >= 0.3 is 0 Å². The maximum Gasteiger partial charge on any atom is 0.263 e. The van der Waals surface area contributed by atoms with Crippen LogP contribution in [0.25, 0.3) is 22.4 Å². The first kappa shape index (κ1) is 23.5. The first-order valence-corrected chi connectivity index (χ1v) is 11.4. The van der Waals surface area contributed by atoms with Crippen molar-refractivity contribution in [3.63, 3.8) is 0 Å². The number of methoxy groups -OCH3 is 1. The summed E-state index contributed by atoms with van der Waals surface area (Å²) in [6.45, 7) is 2.73. The summed E-state index contributed by atoms with van der Waals surface area (Å²) in [5.74, 6) is 0.488. The number of hydrogen-bond donors (Lipinski definition) is 2. The molecule has 0 amide bonds. The molecule has 2 aromatic carbocycles. The van der Waals surface area contributed by atoms with E-state index in [1.807, 2.05) is 0 Å². The van der Waals surface area contributed by atoms with E-state index in [4.69, 9.17) is 15.0 Å². The molecule has 1 aliphatic heterocycles. The lowest BCUT2D eigenvalue weighted by Crippen LogP contribution is -2.27. The predicted octanol–water partition coefficient (Wildman–Crippen LogP) is 3.94. The number of benzene rings is 2. The van der Waals surface area contributed by atoms with Gasteiger partial charge in [-0.2, -0.15) is 5.26 Å². The lowest BCUT2D eigenvalue weighted by atomic mass is 9.99. The molecule has 2 N–H and O–H groups in total. The van der Waals surface area contributed by atoms with Crippen LogP contribution < -0.4 is 20.9 Å². The predicted molar refractivity (Wildman–Crippen MR) is 130 cm³/mol. The molecule has 0 aliphatic carbocycles. The van der Waals surface area contributed by atoms with Crippen LogP contribution in [-0.2, 0) is 7.05 Å². The van der Waals surface area contributed by atoms with E-state index in [-0.39, 0.29) is 16.9 Å². The fourth-order valence-corrected chi connectivity index (χ4v) is 4.28. The Kier molecular flexibility index (Phi) is 7.24. The number of aromatic nitrogens is 2. The molecular weight excluding hydrogens is 433 g/mol. The zero-order chi connectivity index (χ0) is 24.1. The first-order valence-electron chi connectivity index (χ1n) is 11.4. The fourth-order valence-electron chi connectivity index (χ4n) is 4.28. The van der Waals surface area contributed by atoms with Crippen molar-refractivity contribution in [1.82, 2.24) is 14.9 Å². The third kappa shape index (κ3) is 4.95. The largest absolute Gasteiger partial charge is 0.494 e. The molecule has 0 bridgehead atoms. The van der Waals surface area contributed by atoms with Gasteiger partial charge in [0.2, 0.25) is 5.95 Å². The molecule has 0 saturated carbocycles. The lowest BCUT2D eigenvalue weighted by molar-refractivity contribution is 0.386. The van der Waals surface area contributed by atoms with E-state index in [0.29, 0.717) is 40.8 Å². The van der Waals surface area contributed by atoms with Crippen LogP contribution in [-0.4, -0.2) is 36.3 Å². The minimum Gasteiger partial charge on any atom is -0.494 e. The van der Waals surface area contributed by atoms with Gasteiger partial charge in [0, 0.05) is 19.2 Å². The number of ether oxygens (including phenoxy) is 1. The maximum absolute atomic E-state index is 14.5. The number of nitrogens with one attached hydrogen (secondary N) is 2. The van der Waals surface area contributed by atoms with Crippen LogP contribution in [0.2, 0.25) is 0 Å².